The molecule has 3 rings (SSSR count). The molecule has 0 amide bonds. The van der Waals surface area contributed by atoms with E-state index in [-0.39, 0.29) is 49.4 Å². The van der Waals surface area contributed by atoms with Crippen molar-refractivity contribution in [1.82, 2.24) is 9.13 Å². The van der Waals surface area contributed by atoms with Gasteiger partial charge in [0.05, 0.1) is 5.56 Å². The summed E-state index contributed by atoms with van der Waals surface area (Å²) in [5.41, 5.74) is -0.727. The first kappa shape index (κ1) is 25.5. The number of aliphatic imine (C=N–C) groups is 1. The number of nitrogens with zero attached hydrogens (tertiary/aromatic N) is 3. The zero-order valence-electron chi connectivity index (χ0n) is 18.8. The van der Waals surface area contributed by atoms with Gasteiger partial charge in [0.15, 0.2) is 5.90 Å². The summed E-state index contributed by atoms with van der Waals surface area (Å²) in [5.74, 6) is -0.434. The van der Waals surface area contributed by atoms with Crippen molar-refractivity contribution in [2.24, 2.45) is 18.0 Å². The third kappa shape index (κ3) is 6.06. The fourth-order valence-electron chi connectivity index (χ4n) is 3.76. The Labute approximate surface area is 193 Å². The lowest BCUT2D eigenvalue weighted by molar-refractivity contribution is -0.274. The van der Waals surface area contributed by atoms with Gasteiger partial charge in [-0.25, -0.2) is 4.79 Å². The first-order chi connectivity index (χ1) is 16.1. The largest absolute Gasteiger partial charge is 0.573 e. The topological polar surface area (TPSA) is 104 Å². The number of aliphatic hydroxyl groups excluding tert-OH is 1. The van der Waals surface area contributed by atoms with Gasteiger partial charge in [-0.1, -0.05) is 6.07 Å². The van der Waals surface area contributed by atoms with E-state index in [2.05, 4.69) is 9.73 Å². The monoisotopic (exact) mass is 485 g/mol. The van der Waals surface area contributed by atoms with Gasteiger partial charge >= 0.3 is 12.1 Å². The number of benzene rings is 1. The van der Waals surface area contributed by atoms with Crippen molar-refractivity contribution in [3.63, 3.8) is 0 Å². The highest BCUT2D eigenvalue weighted by Crippen LogP contribution is 2.31. The molecule has 0 fully saturated rings. The van der Waals surface area contributed by atoms with Crippen molar-refractivity contribution in [2.45, 2.75) is 38.6 Å². The molecular weight excluding hydrogens is 459 g/mol. The quantitative estimate of drug-likeness (QED) is 0.548. The first-order valence-electron chi connectivity index (χ1n) is 10.7. The van der Waals surface area contributed by atoms with E-state index in [1.165, 1.54) is 23.7 Å². The Balaban J connectivity index is 2.01. The summed E-state index contributed by atoms with van der Waals surface area (Å²) >= 11 is 0. The fourth-order valence-corrected chi connectivity index (χ4v) is 3.76. The normalized spacial score (nSPS) is 15.6. The Kier molecular flexibility index (Phi) is 8.15. The number of alkyl halides is 3. The Morgan fingerprint density at radius 1 is 1.21 bits per heavy atom. The molecule has 1 N–H and O–H groups in total. The number of halogens is 3. The highest BCUT2D eigenvalue weighted by Gasteiger charge is 2.32. The minimum Gasteiger partial charge on any atom is -0.442 e. The van der Waals surface area contributed by atoms with Crippen LogP contribution in [0.5, 0.6) is 11.5 Å². The Bertz CT molecular complexity index is 1160. The predicted molar refractivity (Wildman–Crippen MR) is 117 cm³/mol. The van der Waals surface area contributed by atoms with Gasteiger partial charge in [-0.05, 0) is 37.8 Å². The van der Waals surface area contributed by atoms with Crippen LogP contribution in [0.25, 0.3) is 0 Å². The standard InChI is InChI=1S/C22H26F3N3O6/c1-27-18-17(20(30)28(21(27)31)9-5-10-29)12-14(6-4-11-32-2)19(26-18)33-15-7-3-8-16(13-15)34-22(23,24)25/h3,7-8,13-14,29H,4-6,9-12H2,1-2H3. The van der Waals surface area contributed by atoms with Crippen LogP contribution in [0.1, 0.15) is 24.8 Å². The van der Waals surface area contributed by atoms with Gasteiger partial charge in [-0.15, -0.1) is 13.2 Å². The highest BCUT2D eigenvalue weighted by atomic mass is 19.4. The van der Waals surface area contributed by atoms with Crippen LogP contribution in [0.15, 0.2) is 38.8 Å². The van der Waals surface area contributed by atoms with E-state index >= 15 is 0 Å². The SMILES string of the molecule is COCCCC1Cc2c(n(C)c(=O)n(CCCO)c2=O)N=C1Oc1cccc(OC(F)(F)F)c1. The number of fused-ring (bicyclic) bond motifs is 1. The summed E-state index contributed by atoms with van der Waals surface area (Å²) in [5, 5.41) is 9.09. The lowest BCUT2D eigenvalue weighted by Crippen LogP contribution is -2.43. The molecule has 0 aliphatic carbocycles. The summed E-state index contributed by atoms with van der Waals surface area (Å²) in [6.45, 7) is 0.363. The summed E-state index contributed by atoms with van der Waals surface area (Å²) in [6, 6.07) is 5.04. The predicted octanol–water partition coefficient (Wildman–Crippen LogP) is 2.54. The van der Waals surface area contributed by atoms with Gasteiger partial charge in [0, 0.05) is 45.9 Å². The van der Waals surface area contributed by atoms with Crippen molar-refractivity contribution in [3.8, 4) is 11.5 Å². The van der Waals surface area contributed by atoms with Crippen LogP contribution in [0, 0.1) is 5.92 Å². The second-order valence-electron chi connectivity index (χ2n) is 7.79. The van der Waals surface area contributed by atoms with Crippen LogP contribution in [0.3, 0.4) is 0 Å². The molecule has 0 radical (unpaired) electrons. The van der Waals surface area contributed by atoms with Crippen LogP contribution in [0.2, 0.25) is 0 Å². The van der Waals surface area contributed by atoms with E-state index in [0.29, 0.717) is 25.0 Å². The lowest BCUT2D eigenvalue weighted by Gasteiger charge is -2.26. The van der Waals surface area contributed by atoms with Gasteiger partial charge in [0.25, 0.3) is 5.56 Å². The van der Waals surface area contributed by atoms with E-state index in [1.54, 1.807) is 7.11 Å². The molecule has 1 atom stereocenters. The molecule has 1 aliphatic rings. The molecule has 0 spiro atoms. The second-order valence-corrected chi connectivity index (χ2v) is 7.79. The van der Waals surface area contributed by atoms with Crippen molar-refractivity contribution < 1.29 is 32.5 Å². The molecule has 1 unspecified atom stereocenters. The molecular formula is C22H26F3N3O6. The van der Waals surface area contributed by atoms with E-state index in [9.17, 15) is 22.8 Å². The number of methoxy groups -OCH3 is 1. The number of hydrogen-bond acceptors (Lipinski definition) is 7. The summed E-state index contributed by atoms with van der Waals surface area (Å²) in [7, 11) is 3.03. The second kappa shape index (κ2) is 10.9. The van der Waals surface area contributed by atoms with Gasteiger partial charge in [-0.3, -0.25) is 13.9 Å². The van der Waals surface area contributed by atoms with Crippen molar-refractivity contribution >= 4 is 11.7 Å². The van der Waals surface area contributed by atoms with Crippen LogP contribution in [-0.4, -0.2) is 46.8 Å². The first-order valence-corrected chi connectivity index (χ1v) is 10.7. The molecule has 1 aromatic heterocycles. The molecule has 9 nitrogen and oxygen atoms in total. The third-order valence-electron chi connectivity index (χ3n) is 5.33. The number of hydrogen-bond donors (Lipinski definition) is 1. The molecule has 2 heterocycles. The van der Waals surface area contributed by atoms with E-state index in [0.717, 1.165) is 16.7 Å². The number of aromatic nitrogens is 2. The highest BCUT2D eigenvalue weighted by molar-refractivity contribution is 5.85. The van der Waals surface area contributed by atoms with Crippen molar-refractivity contribution in [2.75, 3.05) is 20.3 Å². The van der Waals surface area contributed by atoms with Gasteiger partial charge in [0.2, 0.25) is 0 Å². The van der Waals surface area contributed by atoms with Crippen LogP contribution in [0.4, 0.5) is 19.0 Å². The van der Waals surface area contributed by atoms with E-state index in [4.69, 9.17) is 14.6 Å². The maximum Gasteiger partial charge on any atom is 0.573 e. The minimum atomic E-state index is -4.85. The molecule has 12 heteroatoms. The number of ether oxygens (including phenoxy) is 3. The van der Waals surface area contributed by atoms with Gasteiger partial charge in [-0.2, -0.15) is 4.99 Å². The third-order valence-corrected chi connectivity index (χ3v) is 5.33. The van der Waals surface area contributed by atoms with E-state index in [1.807, 2.05) is 0 Å². The van der Waals surface area contributed by atoms with Crippen LogP contribution < -0.4 is 20.7 Å². The maximum absolute atomic E-state index is 13.0. The van der Waals surface area contributed by atoms with Gasteiger partial charge < -0.3 is 19.3 Å². The minimum absolute atomic E-state index is 0.0713. The van der Waals surface area contributed by atoms with Crippen LogP contribution >= 0.6 is 0 Å². The number of rotatable bonds is 9. The maximum atomic E-state index is 13.0. The Morgan fingerprint density at radius 2 is 1.94 bits per heavy atom. The Morgan fingerprint density at radius 3 is 2.62 bits per heavy atom. The van der Waals surface area contributed by atoms with Gasteiger partial charge in [0.1, 0.15) is 17.3 Å². The number of aliphatic hydroxyl groups is 1. The average Bonchev–Trinajstić information content (AvgIpc) is 2.77. The zero-order chi connectivity index (χ0) is 24.9. The fraction of sp³-hybridized carbons (Fsp3) is 0.500. The summed E-state index contributed by atoms with van der Waals surface area (Å²) < 4.78 is 54.9. The lowest BCUT2D eigenvalue weighted by atomic mass is 9.93. The average molecular weight is 485 g/mol. The Hall–Kier alpha value is -3.12. The van der Waals surface area contributed by atoms with Crippen LogP contribution in [-0.2, 0) is 24.8 Å². The smallest absolute Gasteiger partial charge is 0.442 e. The van der Waals surface area contributed by atoms with Crippen molar-refractivity contribution in [1.29, 1.82) is 0 Å². The summed E-state index contributed by atoms with van der Waals surface area (Å²) in [6.07, 6.45) is -3.22. The zero-order valence-corrected chi connectivity index (χ0v) is 18.8. The molecule has 34 heavy (non-hydrogen) atoms. The molecule has 2 aromatic rings. The molecule has 0 saturated carbocycles. The molecule has 0 saturated heterocycles. The molecule has 186 valence electrons. The summed E-state index contributed by atoms with van der Waals surface area (Å²) in [4.78, 5) is 30.2. The molecule has 1 aliphatic heterocycles. The van der Waals surface area contributed by atoms with Crippen molar-refractivity contribution in [3.05, 3.63) is 50.7 Å². The molecule has 0 bridgehead atoms. The van der Waals surface area contributed by atoms with E-state index < -0.39 is 23.4 Å². The molecule has 1 aromatic carbocycles.